The Morgan fingerprint density at radius 3 is 2.48 bits per heavy atom. The zero-order valence-corrected chi connectivity index (χ0v) is 17.6. The summed E-state index contributed by atoms with van der Waals surface area (Å²) >= 11 is 0. The molecule has 1 saturated heterocycles. The van der Waals surface area contributed by atoms with Crippen LogP contribution in [0.25, 0.3) is 5.70 Å². The molecule has 6 nitrogen and oxygen atoms in total. The van der Waals surface area contributed by atoms with Gasteiger partial charge >= 0.3 is 6.18 Å². The van der Waals surface area contributed by atoms with Gasteiger partial charge in [-0.25, -0.2) is 9.97 Å². The van der Waals surface area contributed by atoms with Gasteiger partial charge < -0.3 is 16.0 Å². The van der Waals surface area contributed by atoms with Crippen molar-refractivity contribution in [3.05, 3.63) is 53.0 Å². The van der Waals surface area contributed by atoms with Gasteiger partial charge in [0.1, 0.15) is 0 Å². The predicted molar refractivity (Wildman–Crippen MR) is 114 cm³/mol. The first kappa shape index (κ1) is 22.6. The van der Waals surface area contributed by atoms with Crippen molar-refractivity contribution in [1.29, 1.82) is 0 Å². The van der Waals surface area contributed by atoms with Gasteiger partial charge in [0.2, 0.25) is 0 Å². The third-order valence-corrected chi connectivity index (χ3v) is 5.37. The Labute approximate surface area is 179 Å². The second kappa shape index (κ2) is 8.95. The van der Waals surface area contributed by atoms with Crippen molar-refractivity contribution in [1.82, 2.24) is 14.9 Å². The van der Waals surface area contributed by atoms with Crippen molar-refractivity contribution in [3.8, 4) is 0 Å². The molecule has 1 amide bonds. The minimum atomic E-state index is -4.58. The van der Waals surface area contributed by atoms with Gasteiger partial charge in [-0.05, 0) is 44.7 Å². The van der Waals surface area contributed by atoms with Crippen molar-refractivity contribution >= 4 is 23.1 Å². The third kappa shape index (κ3) is 4.98. The van der Waals surface area contributed by atoms with Gasteiger partial charge in [0.15, 0.2) is 11.5 Å². The van der Waals surface area contributed by atoms with Crippen LogP contribution in [-0.4, -0.2) is 33.9 Å². The van der Waals surface area contributed by atoms with Crippen molar-refractivity contribution in [3.63, 3.8) is 0 Å². The van der Waals surface area contributed by atoms with E-state index < -0.39 is 17.6 Å². The average Bonchev–Trinajstić information content (AvgIpc) is 2.73. The van der Waals surface area contributed by atoms with Crippen LogP contribution in [0, 0.1) is 6.92 Å². The molecule has 3 rings (SSSR count). The van der Waals surface area contributed by atoms with Gasteiger partial charge in [-0.3, -0.25) is 4.79 Å². The highest BCUT2D eigenvalue weighted by molar-refractivity contribution is 5.96. The molecule has 3 N–H and O–H groups in total. The first-order chi connectivity index (χ1) is 14.6. The maximum absolute atomic E-state index is 13.9. The number of alkyl halides is 3. The number of nitrogens with zero attached hydrogens (tertiary/aromatic N) is 3. The van der Waals surface area contributed by atoms with Crippen LogP contribution < -0.4 is 11.1 Å². The van der Waals surface area contributed by atoms with Crippen LogP contribution in [0.3, 0.4) is 0 Å². The maximum Gasteiger partial charge on any atom is 0.417 e. The van der Waals surface area contributed by atoms with Gasteiger partial charge in [0.25, 0.3) is 5.91 Å². The molecule has 0 saturated carbocycles. The molecule has 2 aromatic rings. The first-order valence-corrected chi connectivity index (χ1v) is 10.2. The Kier molecular flexibility index (Phi) is 6.52. The lowest BCUT2D eigenvalue weighted by atomic mass is 10.0. The van der Waals surface area contributed by atoms with E-state index in [2.05, 4.69) is 21.9 Å². The van der Waals surface area contributed by atoms with Crippen molar-refractivity contribution in [2.45, 2.75) is 45.7 Å². The Morgan fingerprint density at radius 2 is 1.90 bits per heavy atom. The van der Waals surface area contributed by atoms with Crippen LogP contribution >= 0.6 is 0 Å². The summed E-state index contributed by atoms with van der Waals surface area (Å²) < 4.78 is 41.6. The number of piperidine rings is 1. The molecule has 0 aliphatic carbocycles. The van der Waals surface area contributed by atoms with E-state index in [9.17, 15) is 18.0 Å². The Bertz CT molecular complexity index is 997. The van der Waals surface area contributed by atoms with Crippen LogP contribution in [0.1, 0.15) is 59.2 Å². The number of nitrogens with two attached hydrogens (primary N) is 1. The summed E-state index contributed by atoms with van der Waals surface area (Å²) in [6, 6.07) is 3.90. The Morgan fingerprint density at radius 1 is 1.23 bits per heavy atom. The summed E-state index contributed by atoms with van der Waals surface area (Å²) in [5.41, 5.74) is 6.19. The van der Waals surface area contributed by atoms with Crippen molar-refractivity contribution in [2.24, 2.45) is 5.73 Å². The van der Waals surface area contributed by atoms with Crippen LogP contribution in [0.4, 0.5) is 24.7 Å². The van der Waals surface area contributed by atoms with Crippen LogP contribution in [0.15, 0.2) is 24.8 Å². The largest absolute Gasteiger partial charge is 0.417 e. The maximum atomic E-state index is 13.9. The number of primary amides is 1. The van der Waals surface area contributed by atoms with Gasteiger partial charge in [-0.2, -0.15) is 13.2 Å². The molecule has 0 bridgehead atoms. The molecule has 2 heterocycles. The number of rotatable bonds is 6. The number of carbonyl (C=O) groups is 1. The molecule has 1 aliphatic rings. The predicted octanol–water partition coefficient (Wildman–Crippen LogP) is 4.67. The number of amides is 1. The number of hydrogen-bond acceptors (Lipinski definition) is 5. The Balaban J connectivity index is 1.99. The lowest BCUT2D eigenvalue weighted by Gasteiger charge is -2.31. The molecule has 1 aromatic carbocycles. The summed E-state index contributed by atoms with van der Waals surface area (Å²) in [4.78, 5) is 22.2. The lowest BCUT2D eigenvalue weighted by molar-refractivity contribution is -0.137. The van der Waals surface area contributed by atoms with Crippen LogP contribution in [-0.2, 0) is 12.6 Å². The molecule has 1 fully saturated rings. The zero-order valence-electron chi connectivity index (χ0n) is 17.6. The zero-order chi connectivity index (χ0) is 22.8. The third-order valence-electron chi connectivity index (χ3n) is 5.37. The Hall–Kier alpha value is -3.10. The highest BCUT2D eigenvalue weighted by atomic mass is 19.4. The number of aromatic nitrogens is 2. The van der Waals surface area contributed by atoms with E-state index in [0.717, 1.165) is 25.3 Å². The van der Waals surface area contributed by atoms with Gasteiger partial charge in [-0.15, -0.1) is 0 Å². The SMILES string of the molecule is C=C(c1ccc(Nc2nc(C)c(CC)nc2C(N)=O)cc1C(F)(F)F)N1CCCCC1. The highest BCUT2D eigenvalue weighted by Crippen LogP contribution is 2.38. The molecule has 0 atom stereocenters. The second-order valence-electron chi connectivity index (χ2n) is 7.55. The van der Waals surface area contributed by atoms with E-state index in [1.165, 1.54) is 12.1 Å². The summed E-state index contributed by atoms with van der Waals surface area (Å²) in [6.07, 6.45) is -1.10. The number of hydrogen-bond donors (Lipinski definition) is 2. The molecular formula is C22H26F3N5O. The molecule has 1 aliphatic heterocycles. The summed E-state index contributed by atoms with van der Waals surface area (Å²) in [5.74, 6) is -0.784. The molecule has 0 spiro atoms. The summed E-state index contributed by atoms with van der Waals surface area (Å²) in [5, 5.41) is 2.79. The number of benzene rings is 1. The number of halogens is 3. The smallest absolute Gasteiger partial charge is 0.372 e. The normalized spacial score (nSPS) is 14.4. The average molecular weight is 433 g/mol. The fraction of sp³-hybridized carbons (Fsp3) is 0.409. The molecule has 31 heavy (non-hydrogen) atoms. The van der Waals surface area contributed by atoms with Crippen molar-refractivity contribution < 1.29 is 18.0 Å². The molecular weight excluding hydrogens is 407 g/mol. The van der Waals surface area contributed by atoms with E-state index >= 15 is 0 Å². The van der Waals surface area contributed by atoms with Gasteiger partial charge in [0.05, 0.1) is 17.0 Å². The standard InChI is InChI=1S/C22H26F3N5O/c1-4-18-13(2)27-21(19(29-18)20(26)31)28-15-8-9-16(17(12-15)22(23,24)25)14(3)30-10-6-5-7-11-30/h8-9,12H,3-7,10-11H2,1-2H3,(H2,26,31)(H,27,28). The van der Waals surface area contributed by atoms with Crippen LogP contribution in [0.5, 0.6) is 0 Å². The molecule has 0 unspecified atom stereocenters. The minimum Gasteiger partial charge on any atom is -0.372 e. The number of nitrogens with one attached hydrogen (secondary N) is 1. The second-order valence-corrected chi connectivity index (χ2v) is 7.55. The summed E-state index contributed by atoms with van der Waals surface area (Å²) in [6.45, 7) is 8.89. The number of likely N-dealkylation sites (tertiary alicyclic amines) is 1. The highest BCUT2D eigenvalue weighted by Gasteiger charge is 2.35. The van der Waals surface area contributed by atoms with Gasteiger partial charge in [-0.1, -0.05) is 19.6 Å². The fourth-order valence-electron chi connectivity index (χ4n) is 3.73. The topological polar surface area (TPSA) is 84.1 Å². The number of anilines is 2. The monoisotopic (exact) mass is 433 g/mol. The van der Waals surface area contributed by atoms with Crippen LogP contribution in [0.2, 0.25) is 0 Å². The quantitative estimate of drug-likeness (QED) is 0.692. The van der Waals surface area contributed by atoms with E-state index in [1.54, 1.807) is 6.92 Å². The molecule has 0 radical (unpaired) electrons. The van der Waals surface area contributed by atoms with E-state index in [1.807, 2.05) is 11.8 Å². The molecule has 166 valence electrons. The van der Waals surface area contributed by atoms with Gasteiger partial charge in [0, 0.05) is 30.0 Å². The minimum absolute atomic E-state index is 0.0259. The fourth-order valence-corrected chi connectivity index (χ4v) is 3.73. The summed E-state index contributed by atoms with van der Waals surface area (Å²) in [7, 11) is 0. The number of aryl methyl sites for hydroxylation is 2. The van der Waals surface area contributed by atoms with E-state index in [-0.39, 0.29) is 22.8 Å². The van der Waals surface area contributed by atoms with Crippen molar-refractivity contribution in [2.75, 3.05) is 18.4 Å². The number of carbonyl (C=O) groups excluding carboxylic acids is 1. The van der Waals surface area contributed by atoms with E-state index in [4.69, 9.17) is 5.73 Å². The molecule has 1 aromatic heterocycles. The van der Waals surface area contributed by atoms with E-state index in [0.29, 0.717) is 36.6 Å². The first-order valence-electron chi connectivity index (χ1n) is 10.2. The lowest BCUT2D eigenvalue weighted by Crippen LogP contribution is -2.28. The molecule has 9 heteroatoms.